The average molecular weight is 255 g/mol. The minimum Gasteiger partial charge on any atom is -0.265 e. The van der Waals surface area contributed by atoms with Crippen LogP contribution in [-0.2, 0) is 16.6 Å². The number of rotatable bonds is 6. The van der Waals surface area contributed by atoms with Crippen LogP contribution in [0.25, 0.3) is 0 Å². The van der Waals surface area contributed by atoms with Crippen LogP contribution in [0.15, 0.2) is 24.5 Å². The molecule has 0 bridgehead atoms. The van der Waals surface area contributed by atoms with Crippen LogP contribution < -0.4 is 4.72 Å². The zero-order valence-corrected chi connectivity index (χ0v) is 10.7. The number of aromatic nitrogens is 1. The van der Waals surface area contributed by atoms with Crippen molar-refractivity contribution in [3.63, 3.8) is 0 Å². The van der Waals surface area contributed by atoms with E-state index >= 15 is 0 Å². The van der Waals surface area contributed by atoms with Gasteiger partial charge in [0.1, 0.15) is 0 Å². The highest BCUT2D eigenvalue weighted by Gasteiger charge is 2.33. The Labute approximate surface area is 102 Å². The summed E-state index contributed by atoms with van der Waals surface area (Å²) in [5, 5.41) is 0. The van der Waals surface area contributed by atoms with Crippen LogP contribution in [-0.4, -0.2) is 37.3 Å². The fraction of sp³-hybridized carbons (Fsp3) is 0.545. The SMILES string of the molecule is CN(C1CC1)S(=O)(=O)NCCc1ccncc1. The molecule has 0 spiro atoms. The molecule has 0 saturated heterocycles. The highest BCUT2D eigenvalue weighted by Crippen LogP contribution is 2.26. The Balaban J connectivity index is 1.81. The number of pyridine rings is 1. The molecule has 1 aliphatic rings. The van der Waals surface area contributed by atoms with Gasteiger partial charge in [-0.3, -0.25) is 4.98 Å². The standard InChI is InChI=1S/C11H17N3O2S/c1-14(11-2-3-11)17(15,16)13-9-6-10-4-7-12-8-5-10/h4-5,7-8,11,13H,2-3,6,9H2,1H3. The molecule has 0 radical (unpaired) electrons. The Morgan fingerprint density at radius 2 is 2.06 bits per heavy atom. The summed E-state index contributed by atoms with van der Waals surface area (Å²) < 4.78 is 27.6. The van der Waals surface area contributed by atoms with Crippen molar-refractivity contribution >= 4 is 10.2 Å². The van der Waals surface area contributed by atoms with Crippen LogP contribution in [0.3, 0.4) is 0 Å². The maximum absolute atomic E-state index is 11.8. The van der Waals surface area contributed by atoms with E-state index in [1.54, 1.807) is 19.4 Å². The normalized spacial score (nSPS) is 16.4. The van der Waals surface area contributed by atoms with Gasteiger partial charge in [0.25, 0.3) is 10.2 Å². The summed E-state index contributed by atoms with van der Waals surface area (Å²) >= 11 is 0. The molecule has 1 N–H and O–H groups in total. The van der Waals surface area contributed by atoms with Gasteiger partial charge in [0.05, 0.1) is 0 Å². The molecule has 1 saturated carbocycles. The predicted molar refractivity (Wildman–Crippen MR) is 65.6 cm³/mol. The van der Waals surface area contributed by atoms with E-state index in [1.807, 2.05) is 12.1 Å². The largest absolute Gasteiger partial charge is 0.279 e. The van der Waals surface area contributed by atoms with E-state index < -0.39 is 10.2 Å². The van der Waals surface area contributed by atoms with Gasteiger partial charge in [0.15, 0.2) is 0 Å². The van der Waals surface area contributed by atoms with Crippen molar-refractivity contribution < 1.29 is 8.42 Å². The molecule has 0 amide bonds. The van der Waals surface area contributed by atoms with Crippen molar-refractivity contribution in [2.24, 2.45) is 0 Å². The molecule has 17 heavy (non-hydrogen) atoms. The zero-order valence-electron chi connectivity index (χ0n) is 9.83. The second-order valence-corrected chi connectivity index (χ2v) is 6.07. The maximum Gasteiger partial charge on any atom is 0.279 e. The molecular weight excluding hydrogens is 238 g/mol. The van der Waals surface area contributed by atoms with Crippen molar-refractivity contribution in [3.05, 3.63) is 30.1 Å². The summed E-state index contributed by atoms with van der Waals surface area (Å²) in [6.45, 7) is 0.420. The van der Waals surface area contributed by atoms with E-state index in [0.717, 1.165) is 18.4 Å². The average Bonchev–Trinajstić information content (AvgIpc) is 3.13. The van der Waals surface area contributed by atoms with Crippen LogP contribution in [0.4, 0.5) is 0 Å². The molecule has 1 aromatic rings. The zero-order chi connectivity index (χ0) is 12.3. The molecule has 6 heteroatoms. The summed E-state index contributed by atoms with van der Waals surface area (Å²) in [7, 11) is -1.67. The summed E-state index contributed by atoms with van der Waals surface area (Å²) in [6.07, 6.45) is 6.05. The molecule has 1 heterocycles. The lowest BCUT2D eigenvalue weighted by atomic mass is 10.2. The molecule has 0 unspecified atom stereocenters. The molecule has 94 valence electrons. The second-order valence-electron chi connectivity index (χ2n) is 4.25. The first-order valence-electron chi connectivity index (χ1n) is 5.71. The third-order valence-electron chi connectivity index (χ3n) is 2.89. The molecule has 1 aliphatic carbocycles. The van der Waals surface area contributed by atoms with Crippen molar-refractivity contribution in [2.75, 3.05) is 13.6 Å². The number of hydrogen-bond donors (Lipinski definition) is 1. The highest BCUT2D eigenvalue weighted by molar-refractivity contribution is 7.87. The topological polar surface area (TPSA) is 62.3 Å². The Hall–Kier alpha value is -0.980. The van der Waals surface area contributed by atoms with Crippen molar-refractivity contribution in [3.8, 4) is 0 Å². The molecule has 5 nitrogen and oxygen atoms in total. The Bertz CT molecular complexity index is 457. The fourth-order valence-electron chi connectivity index (χ4n) is 1.61. The fourth-order valence-corrected chi connectivity index (χ4v) is 2.78. The van der Waals surface area contributed by atoms with Crippen LogP contribution in [0.1, 0.15) is 18.4 Å². The van der Waals surface area contributed by atoms with Gasteiger partial charge in [-0.1, -0.05) is 0 Å². The van der Waals surface area contributed by atoms with Crippen LogP contribution in [0.5, 0.6) is 0 Å². The lowest BCUT2D eigenvalue weighted by Gasteiger charge is -2.16. The van der Waals surface area contributed by atoms with E-state index in [1.165, 1.54) is 4.31 Å². The third-order valence-corrected chi connectivity index (χ3v) is 4.51. The van der Waals surface area contributed by atoms with E-state index in [0.29, 0.717) is 13.0 Å². The van der Waals surface area contributed by atoms with E-state index in [2.05, 4.69) is 9.71 Å². The van der Waals surface area contributed by atoms with Gasteiger partial charge in [0, 0.05) is 32.0 Å². The minimum absolute atomic E-state index is 0.202. The first-order chi connectivity index (χ1) is 8.09. The molecule has 0 aliphatic heterocycles. The second kappa shape index (κ2) is 5.12. The van der Waals surface area contributed by atoms with Gasteiger partial charge in [-0.15, -0.1) is 0 Å². The van der Waals surface area contributed by atoms with Gasteiger partial charge in [-0.05, 0) is 37.0 Å². The van der Waals surface area contributed by atoms with Crippen LogP contribution >= 0.6 is 0 Å². The maximum atomic E-state index is 11.8. The van der Waals surface area contributed by atoms with Crippen molar-refractivity contribution in [2.45, 2.75) is 25.3 Å². The monoisotopic (exact) mass is 255 g/mol. The molecule has 0 aromatic carbocycles. The molecule has 1 aromatic heterocycles. The van der Waals surface area contributed by atoms with Gasteiger partial charge < -0.3 is 0 Å². The van der Waals surface area contributed by atoms with Crippen LogP contribution in [0.2, 0.25) is 0 Å². The Morgan fingerprint density at radius 3 is 2.65 bits per heavy atom. The molecule has 0 atom stereocenters. The van der Waals surface area contributed by atoms with E-state index in [9.17, 15) is 8.42 Å². The summed E-state index contributed by atoms with van der Waals surface area (Å²) in [5.74, 6) is 0. The van der Waals surface area contributed by atoms with Crippen molar-refractivity contribution in [1.82, 2.24) is 14.0 Å². The minimum atomic E-state index is -3.30. The highest BCUT2D eigenvalue weighted by atomic mass is 32.2. The molecular formula is C11H17N3O2S. The Kier molecular flexibility index (Phi) is 3.76. The summed E-state index contributed by atoms with van der Waals surface area (Å²) in [4.78, 5) is 3.92. The van der Waals surface area contributed by atoms with Crippen LogP contribution in [0, 0.1) is 0 Å². The molecule has 2 rings (SSSR count). The van der Waals surface area contributed by atoms with E-state index in [4.69, 9.17) is 0 Å². The number of nitrogens with zero attached hydrogens (tertiary/aromatic N) is 2. The van der Waals surface area contributed by atoms with Gasteiger partial charge >= 0.3 is 0 Å². The number of hydrogen-bond acceptors (Lipinski definition) is 3. The third kappa shape index (κ3) is 3.49. The van der Waals surface area contributed by atoms with Crippen molar-refractivity contribution in [1.29, 1.82) is 0 Å². The molecule has 1 fully saturated rings. The summed E-state index contributed by atoms with van der Waals surface area (Å²) in [6, 6.07) is 3.98. The Morgan fingerprint density at radius 1 is 1.41 bits per heavy atom. The van der Waals surface area contributed by atoms with Gasteiger partial charge in [0.2, 0.25) is 0 Å². The predicted octanol–water partition coefficient (Wildman–Crippen LogP) is 0.553. The smallest absolute Gasteiger partial charge is 0.265 e. The summed E-state index contributed by atoms with van der Waals surface area (Å²) in [5.41, 5.74) is 1.08. The van der Waals surface area contributed by atoms with E-state index in [-0.39, 0.29) is 6.04 Å². The first-order valence-corrected chi connectivity index (χ1v) is 7.15. The number of nitrogens with one attached hydrogen (secondary N) is 1. The quantitative estimate of drug-likeness (QED) is 0.807. The lowest BCUT2D eigenvalue weighted by molar-refractivity contribution is 0.453. The van der Waals surface area contributed by atoms with Gasteiger partial charge in [-0.25, -0.2) is 4.72 Å². The lowest BCUT2D eigenvalue weighted by Crippen LogP contribution is -2.40. The van der Waals surface area contributed by atoms with Gasteiger partial charge in [-0.2, -0.15) is 12.7 Å². The first kappa shape index (κ1) is 12.5.